The summed E-state index contributed by atoms with van der Waals surface area (Å²) in [5.41, 5.74) is 3.09. The summed E-state index contributed by atoms with van der Waals surface area (Å²) in [7, 11) is 0. The van der Waals surface area contributed by atoms with Crippen molar-refractivity contribution in [1.82, 2.24) is 9.97 Å². The fraction of sp³-hybridized carbons (Fsp3) is 0.0455. The summed E-state index contributed by atoms with van der Waals surface area (Å²) in [4.78, 5) is 20.9. The third kappa shape index (κ3) is 4.35. The van der Waals surface area contributed by atoms with Gasteiger partial charge in [0.15, 0.2) is 6.61 Å². The first-order chi connectivity index (χ1) is 14.1. The summed E-state index contributed by atoms with van der Waals surface area (Å²) in [6.45, 7) is -0.314. The SMILES string of the molecule is O=C(COc1ccc(-c2cnc3ccccc3n2)cc1)Nc1ccc(F)cc1F. The maximum atomic E-state index is 13.6. The van der Waals surface area contributed by atoms with Crippen molar-refractivity contribution in [2.75, 3.05) is 11.9 Å². The quantitative estimate of drug-likeness (QED) is 0.540. The number of rotatable bonds is 5. The molecule has 4 rings (SSSR count). The molecule has 0 spiro atoms. The van der Waals surface area contributed by atoms with Crippen LogP contribution in [-0.2, 0) is 4.79 Å². The molecule has 0 bridgehead atoms. The number of carbonyl (C=O) groups is 1. The number of aromatic nitrogens is 2. The lowest BCUT2D eigenvalue weighted by Crippen LogP contribution is -2.20. The van der Waals surface area contributed by atoms with E-state index in [4.69, 9.17) is 4.74 Å². The Labute approximate surface area is 165 Å². The highest BCUT2D eigenvalue weighted by Crippen LogP contribution is 2.22. The number of halogens is 2. The highest BCUT2D eigenvalue weighted by Gasteiger charge is 2.09. The van der Waals surface area contributed by atoms with Crippen molar-refractivity contribution < 1.29 is 18.3 Å². The van der Waals surface area contributed by atoms with E-state index >= 15 is 0 Å². The Hall–Kier alpha value is -3.87. The molecule has 1 amide bonds. The standard InChI is InChI=1S/C22H15F2N3O2/c23-15-7-10-18(17(24)11-15)27-22(28)13-29-16-8-5-14(6-9-16)21-12-25-19-3-1-2-4-20(19)26-21/h1-12H,13H2,(H,27,28). The van der Waals surface area contributed by atoms with Crippen LogP contribution in [0.25, 0.3) is 22.3 Å². The Kier molecular flexibility index (Phi) is 5.11. The third-order valence-electron chi connectivity index (χ3n) is 4.17. The molecule has 0 radical (unpaired) electrons. The zero-order valence-corrected chi connectivity index (χ0v) is 15.1. The van der Waals surface area contributed by atoms with Gasteiger partial charge in [0.2, 0.25) is 0 Å². The van der Waals surface area contributed by atoms with Crippen LogP contribution in [0.5, 0.6) is 5.75 Å². The molecule has 0 aliphatic heterocycles. The van der Waals surface area contributed by atoms with Gasteiger partial charge in [-0.15, -0.1) is 0 Å². The molecule has 0 saturated carbocycles. The summed E-state index contributed by atoms with van der Waals surface area (Å²) < 4.78 is 31.9. The monoisotopic (exact) mass is 391 g/mol. The van der Waals surface area contributed by atoms with Gasteiger partial charge in [-0.05, 0) is 48.5 Å². The molecule has 0 aliphatic rings. The molecule has 4 aromatic rings. The van der Waals surface area contributed by atoms with Crippen molar-refractivity contribution in [3.63, 3.8) is 0 Å². The molecule has 29 heavy (non-hydrogen) atoms. The van der Waals surface area contributed by atoms with E-state index in [0.29, 0.717) is 11.8 Å². The second-order valence-electron chi connectivity index (χ2n) is 6.23. The first-order valence-electron chi connectivity index (χ1n) is 8.78. The van der Waals surface area contributed by atoms with E-state index in [0.717, 1.165) is 34.4 Å². The van der Waals surface area contributed by atoms with Crippen LogP contribution >= 0.6 is 0 Å². The summed E-state index contributed by atoms with van der Waals surface area (Å²) in [6, 6.07) is 17.6. The zero-order valence-electron chi connectivity index (χ0n) is 15.1. The minimum Gasteiger partial charge on any atom is -0.484 e. The number of nitrogens with one attached hydrogen (secondary N) is 1. The van der Waals surface area contributed by atoms with Crippen molar-refractivity contribution in [1.29, 1.82) is 0 Å². The van der Waals surface area contributed by atoms with E-state index in [1.807, 2.05) is 36.4 Å². The van der Waals surface area contributed by atoms with Gasteiger partial charge >= 0.3 is 0 Å². The molecule has 0 unspecified atom stereocenters. The van der Waals surface area contributed by atoms with Gasteiger partial charge in [-0.25, -0.2) is 13.8 Å². The van der Waals surface area contributed by atoms with Crippen LogP contribution in [0.4, 0.5) is 14.5 Å². The molecule has 0 saturated heterocycles. The van der Waals surface area contributed by atoms with Gasteiger partial charge in [0.1, 0.15) is 17.4 Å². The van der Waals surface area contributed by atoms with Crippen molar-refractivity contribution in [3.8, 4) is 17.0 Å². The molecule has 5 nitrogen and oxygen atoms in total. The van der Waals surface area contributed by atoms with E-state index in [9.17, 15) is 13.6 Å². The molecular formula is C22H15F2N3O2. The number of hydrogen-bond donors (Lipinski definition) is 1. The molecule has 0 fully saturated rings. The van der Waals surface area contributed by atoms with Crippen LogP contribution in [0.2, 0.25) is 0 Å². The maximum Gasteiger partial charge on any atom is 0.262 e. The second kappa shape index (κ2) is 8.02. The zero-order chi connectivity index (χ0) is 20.2. The van der Waals surface area contributed by atoms with E-state index in [1.54, 1.807) is 18.3 Å². The smallest absolute Gasteiger partial charge is 0.262 e. The van der Waals surface area contributed by atoms with Gasteiger partial charge in [0, 0.05) is 11.6 Å². The van der Waals surface area contributed by atoms with E-state index in [1.165, 1.54) is 0 Å². The normalized spacial score (nSPS) is 10.7. The van der Waals surface area contributed by atoms with Gasteiger partial charge in [-0.3, -0.25) is 9.78 Å². The van der Waals surface area contributed by atoms with Crippen LogP contribution in [0, 0.1) is 11.6 Å². The summed E-state index contributed by atoms with van der Waals surface area (Å²) >= 11 is 0. The number of ether oxygens (including phenoxy) is 1. The molecule has 0 aliphatic carbocycles. The molecule has 1 aromatic heterocycles. The number of carbonyl (C=O) groups excluding carboxylic acids is 1. The van der Waals surface area contributed by atoms with Crippen molar-refractivity contribution >= 4 is 22.6 Å². The van der Waals surface area contributed by atoms with Crippen LogP contribution < -0.4 is 10.1 Å². The highest BCUT2D eigenvalue weighted by atomic mass is 19.1. The van der Waals surface area contributed by atoms with Crippen molar-refractivity contribution in [3.05, 3.63) is 84.6 Å². The summed E-state index contributed by atoms with van der Waals surface area (Å²) in [5.74, 6) is -1.65. The lowest BCUT2D eigenvalue weighted by Gasteiger charge is -2.09. The summed E-state index contributed by atoms with van der Waals surface area (Å²) in [6.07, 6.45) is 1.70. The van der Waals surface area contributed by atoms with Gasteiger partial charge in [0.05, 0.1) is 28.6 Å². The van der Waals surface area contributed by atoms with Gasteiger partial charge < -0.3 is 10.1 Å². The topological polar surface area (TPSA) is 64.1 Å². The van der Waals surface area contributed by atoms with Crippen LogP contribution in [0.3, 0.4) is 0 Å². The average molecular weight is 391 g/mol. The maximum absolute atomic E-state index is 13.6. The fourth-order valence-electron chi connectivity index (χ4n) is 2.74. The lowest BCUT2D eigenvalue weighted by molar-refractivity contribution is -0.118. The van der Waals surface area contributed by atoms with Crippen LogP contribution in [0.15, 0.2) is 72.9 Å². The number of anilines is 1. The highest BCUT2D eigenvalue weighted by molar-refractivity contribution is 5.92. The van der Waals surface area contributed by atoms with E-state index in [2.05, 4.69) is 15.3 Å². The largest absolute Gasteiger partial charge is 0.484 e. The Bertz CT molecular complexity index is 1180. The predicted octanol–water partition coefficient (Wildman–Crippen LogP) is 4.59. The minimum absolute atomic E-state index is 0.106. The molecule has 7 heteroatoms. The summed E-state index contributed by atoms with van der Waals surface area (Å²) in [5, 5.41) is 2.34. The molecule has 1 N–H and O–H groups in total. The van der Waals surface area contributed by atoms with Crippen molar-refractivity contribution in [2.45, 2.75) is 0 Å². The number of amides is 1. The van der Waals surface area contributed by atoms with E-state index in [-0.39, 0.29) is 12.3 Å². The van der Waals surface area contributed by atoms with Crippen molar-refractivity contribution in [2.24, 2.45) is 0 Å². The Morgan fingerprint density at radius 2 is 1.72 bits per heavy atom. The first-order valence-corrected chi connectivity index (χ1v) is 8.78. The predicted molar refractivity (Wildman–Crippen MR) is 105 cm³/mol. The Balaban J connectivity index is 1.39. The second-order valence-corrected chi connectivity index (χ2v) is 6.23. The van der Waals surface area contributed by atoms with E-state index < -0.39 is 17.5 Å². The number of para-hydroxylation sites is 2. The third-order valence-corrected chi connectivity index (χ3v) is 4.17. The molecular weight excluding hydrogens is 376 g/mol. The molecule has 1 heterocycles. The van der Waals surface area contributed by atoms with Gasteiger partial charge in [-0.1, -0.05) is 12.1 Å². The van der Waals surface area contributed by atoms with Crippen LogP contribution in [0.1, 0.15) is 0 Å². The Morgan fingerprint density at radius 1 is 0.966 bits per heavy atom. The van der Waals surface area contributed by atoms with Gasteiger partial charge in [0.25, 0.3) is 5.91 Å². The number of nitrogens with zero attached hydrogens (tertiary/aromatic N) is 2. The van der Waals surface area contributed by atoms with Crippen LogP contribution in [-0.4, -0.2) is 22.5 Å². The fourth-order valence-corrected chi connectivity index (χ4v) is 2.74. The molecule has 144 valence electrons. The minimum atomic E-state index is -0.848. The molecule has 3 aromatic carbocycles. The van der Waals surface area contributed by atoms with Gasteiger partial charge in [-0.2, -0.15) is 0 Å². The lowest BCUT2D eigenvalue weighted by atomic mass is 10.1. The number of fused-ring (bicyclic) bond motifs is 1. The number of hydrogen-bond acceptors (Lipinski definition) is 4. The molecule has 0 atom stereocenters. The first kappa shape index (κ1) is 18.5. The average Bonchev–Trinajstić information content (AvgIpc) is 2.74. The Morgan fingerprint density at radius 3 is 2.48 bits per heavy atom. The number of benzene rings is 3.